The first-order valence-electron chi connectivity index (χ1n) is 11.4. The zero-order chi connectivity index (χ0) is 22.0. The summed E-state index contributed by atoms with van der Waals surface area (Å²) in [6.45, 7) is 7.75. The van der Waals surface area contributed by atoms with Gasteiger partial charge in [0.1, 0.15) is 5.75 Å². The highest BCUT2D eigenvalue weighted by atomic mass is 32.2. The minimum absolute atomic E-state index is 0.0746. The number of hydrogen-bond acceptors (Lipinski definition) is 4. The summed E-state index contributed by atoms with van der Waals surface area (Å²) in [5, 5.41) is 0. The summed E-state index contributed by atoms with van der Waals surface area (Å²) in [7, 11) is -3.65. The van der Waals surface area contributed by atoms with Crippen LogP contribution in [0, 0.1) is 5.92 Å². The lowest BCUT2D eigenvalue weighted by Crippen LogP contribution is -2.42. The van der Waals surface area contributed by atoms with Crippen LogP contribution in [0.25, 0.3) is 0 Å². The van der Waals surface area contributed by atoms with Gasteiger partial charge in [0.2, 0.25) is 0 Å². The Kier molecular flexibility index (Phi) is 6.58. The van der Waals surface area contributed by atoms with Crippen molar-refractivity contribution in [3.05, 3.63) is 53.6 Å². The van der Waals surface area contributed by atoms with E-state index in [1.165, 1.54) is 5.56 Å². The van der Waals surface area contributed by atoms with Crippen molar-refractivity contribution in [2.75, 3.05) is 17.5 Å². The van der Waals surface area contributed by atoms with Crippen LogP contribution in [0.1, 0.15) is 51.2 Å². The maximum Gasteiger partial charge on any atom is 0.264 e. The highest BCUT2D eigenvalue weighted by Gasteiger charge is 2.34. The summed E-state index contributed by atoms with van der Waals surface area (Å²) in [6, 6.07) is 13.0. The monoisotopic (exact) mass is 443 g/mol. The average Bonchev–Trinajstić information content (AvgIpc) is 2.79. The van der Waals surface area contributed by atoms with Crippen molar-refractivity contribution in [1.82, 2.24) is 0 Å². The number of aryl methyl sites for hydroxylation is 2. The first kappa shape index (κ1) is 22.2. The summed E-state index contributed by atoms with van der Waals surface area (Å²) in [5.74, 6) is 1.17. The van der Waals surface area contributed by atoms with Gasteiger partial charge in [0.05, 0.1) is 16.7 Å². The predicted molar refractivity (Wildman–Crippen MR) is 123 cm³/mol. The fourth-order valence-electron chi connectivity index (χ4n) is 4.66. The van der Waals surface area contributed by atoms with E-state index in [2.05, 4.69) is 19.9 Å². The van der Waals surface area contributed by atoms with Crippen LogP contribution in [-0.4, -0.2) is 33.8 Å². The van der Waals surface area contributed by atoms with E-state index in [-0.39, 0.29) is 12.1 Å². The van der Waals surface area contributed by atoms with Gasteiger partial charge in [-0.1, -0.05) is 19.1 Å². The maximum atomic E-state index is 13.6. The predicted octanol–water partition coefficient (Wildman–Crippen LogP) is 4.97. The molecule has 2 aliphatic rings. The van der Waals surface area contributed by atoms with Gasteiger partial charge >= 0.3 is 0 Å². The van der Waals surface area contributed by atoms with E-state index in [9.17, 15) is 8.42 Å². The molecule has 0 N–H and O–H groups in total. The van der Waals surface area contributed by atoms with Gasteiger partial charge in [-0.05, 0) is 93.3 Å². The van der Waals surface area contributed by atoms with Crippen molar-refractivity contribution in [1.29, 1.82) is 0 Å². The van der Waals surface area contributed by atoms with E-state index in [1.807, 2.05) is 19.1 Å². The van der Waals surface area contributed by atoms with Gasteiger partial charge in [-0.15, -0.1) is 0 Å². The summed E-state index contributed by atoms with van der Waals surface area (Å²) < 4.78 is 40.3. The summed E-state index contributed by atoms with van der Waals surface area (Å²) in [5.41, 5.74) is 3.17. The number of ether oxygens (including phenoxy) is 2. The molecule has 2 heterocycles. The van der Waals surface area contributed by atoms with Gasteiger partial charge < -0.3 is 9.47 Å². The van der Waals surface area contributed by atoms with E-state index in [0.29, 0.717) is 16.6 Å². The first-order chi connectivity index (χ1) is 14.9. The van der Waals surface area contributed by atoms with E-state index >= 15 is 0 Å². The van der Waals surface area contributed by atoms with Crippen molar-refractivity contribution in [3.63, 3.8) is 0 Å². The lowest BCUT2D eigenvalue weighted by atomic mass is 9.95. The van der Waals surface area contributed by atoms with Crippen LogP contribution in [0.3, 0.4) is 0 Å². The molecule has 1 fully saturated rings. The molecule has 0 saturated carbocycles. The molecule has 2 aliphatic heterocycles. The molecule has 1 saturated heterocycles. The van der Waals surface area contributed by atoms with Crippen LogP contribution < -0.4 is 9.04 Å². The maximum absolute atomic E-state index is 13.6. The van der Waals surface area contributed by atoms with Crippen LogP contribution in [0.15, 0.2) is 47.4 Å². The summed E-state index contributed by atoms with van der Waals surface area (Å²) in [4.78, 5) is 0.304. The highest BCUT2D eigenvalue weighted by Crippen LogP contribution is 2.36. The molecule has 0 radical (unpaired) electrons. The lowest BCUT2D eigenvalue weighted by Gasteiger charge is -2.36. The quantitative estimate of drug-likeness (QED) is 0.632. The van der Waals surface area contributed by atoms with Gasteiger partial charge in [-0.3, -0.25) is 4.31 Å². The topological polar surface area (TPSA) is 55.8 Å². The molecule has 2 atom stereocenters. The Hall–Kier alpha value is -2.05. The van der Waals surface area contributed by atoms with Crippen molar-refractivity contribution in [2.45, 2.75) is 69.9 Å². The van der Waals surface area contributed by atoms with E-state index in [0.717, 1.165) is 56.6 Å². The molecule has 6 heteroatoms. The molecule has 0 aliphatic carbocycles. The molecule has 0 unspecified atom stereocenters. The zero-order valence-electron chi connectivity index (χ0n) is 18.7. The summed E-state index contributed by atoms with van der Waals surface area (Å²) >= 11 is 0. The van der Waals surface area contributed by atoms with Gasteiger partial charge in [-0.25, -0.2) is 8.42 Å². The van der Waals surface area contributed by atoms with Crippen LogP contribution in [0.2, 0.25) is 0 Å². The fraction of sp³-hybridized carbons (Fsp3) is 0.520. The number of anilines is 1. The number of rotatable bonds is 6. The van der Waals surface area contributed by atoms with Crippen molar-refractivity contribution >= 4 is 15.7 Å². The Labute approximate surface area is 186 Å². The largest absolute Gasteiger partial charge is 0.490 e. The Balaban J connectivity index is 1.55. The standard InChI is InChI=1S/C25H33NO4S/c1-4-20-6-12-25-22(17-20)7-5-18(2)26(25)31(27,28)24-10-8-23(9-11-24)30-19(3)21-13-15-29-16-14-21/h6,8-12,17-19,21H,4-5,7,13-16H2,1-3H3/t18-,19+/m1/s1. The summed E-state index contributed by atoms with van der Waals surface area (Å²) in [6.07, 6.45) is 4.76. The first-order valence-corrected chi connectivity index (χ1v) is 12.8. The Morgan fingerprint density at radius 2 is 1.81 bits per heavy atom. The average molecular weight is 444 g/mol. The molecule has 168 valence electrons. The molecular formula is C25H33NO4S. The van der Waals surface area contributed by atoms with Crippen LogP contribution in [-0.2, 0) is 27.6 Å². The Morgan fingerprint density at radius 1 is 1.10 bits per heavy atom. The molecule has 0 bridgehead atoms. The van der Waals surface area contributed by atoms with Gasteiger partial charge in [0.25, 0.3) is 10.0 Å². The van der Waals surface area contributed by atoms with Crippen LogP contribution in [0.4, 0.5) is 5.69 Å². The number of hydrogen-bond donors (Lipinski definition) is 0. The molecule has 31 heavy (non-hydrogen) atoms. The number of fused-ring (bicyclic) bond motifs is 1. The molecular weight excluding hydrogens is 410 g/mol. The van der Waals surface area contributed by atoms with Crippen molar-refractivity contribution in [2.24, 2.45) is 5.92 Å². The van der Waals surface area contributed by atoms with Crippen LogP contribution >= 0.6 is 0 Å². The van der Waals surface area contributed by atoms with E-state index < -0.39 is 10.0 Å². The SMILES string of the molecule is CCc1ccc2c(c1)CC[C@@H](C)N2S(=O)(=O)c1ccc(O[C@@H](C)C2CCOCC2)cc1. The number of benzene rings is 2. The van der Waals surface area contributed by atoms with Gasteiger partial charge in [0.15, 0.2) is 0 Å². The molecule has 5 nitrogen and oxygen atoms in total. The van der Waals surface area contributed by atoms with Gasteiger partial charge in [0, 0.05) is 19.3 Å². The minimum atomic E-state index is -3.65. The van der Waals surface area contributed by atoms with Crippen molar-refractivity contribution in [3.8, 4) is 5.75 Å². The molecule has 2 aromatic rings. The third-order valence-corrected chi connectivity index (χ3v) is 8.60. The van der Waals surface area contributed by atoms with Crippen molar-refractivity contribution < 1.29 is 17.9 Å². The second kappa shape index (κ2) is 9.21. The minimum Gasteiger partial charge on any atom is -0.490 e. The molecule has 0 spiro atoms. The fourth-order valence-corrected chi connectivity index (χ4v) is 6.38. The Morgan fingerprint density at radius 3 is 2.48 bits per heavy atom. The Bertz CT molecular complexity index is 997. The second-order valence-corrected chi connectivity index (χ2v) is 10.6. The normalized spacial score (nSPS) is 20.9. The molecule has 0 amide bonds. The third-order valence-electron chi connectivity index (χ3n) is 6.65. The molecule has 4 rings (SSSR count). The molecule has 2 aromatic carbocycles. The third kappa shape index (κ3) is 4.60. The zero-order valence-corrected chi connectivity index (χ0v) is 19.5. The number of nitrogens with zero attached hydrogens (tertiary/aromatic N) is 1. The van der Waals surface area contributed by atoms with Crippen LogP contribution in [0.5, 0.6) is 5.75 Å². The second-order valence-electron chi connectivity index (χ2n) is 8.75. The van der Waals surface area contributed by atoms with Gasteiger partial charge in [-0.2, -0.15) is 0 Å². The lowest BCUT2D eigenvalue weighted by molar-refractivity contribution is 0.0239. The highest BCUT2D eigenvalue weighted by molar-refractivity contribution is 7.92. The molecule has 0 aromatic heterocycles. The smallest absolute Gasteiger partial charge is 0.264 e. The van der Waals surface area contributed by atoms with E-state index in [4.69, 9.17) is 9.47 Å². The number of sulfonamides is 1. The van der Waals surface area contributed by atoms with E-state index in [1.54, 1.807) is 28.6 Å².